The summed E-state index contributed by atoms with van der Waals surface area (Å²) in [5, 5.41) is 0. The zero-order valence-corrected chi connectivity index (χ0v) is 21.4. The summed E-state index contributed by atoms with van der Waals surface area (Å²) in [6.45, 7) is 9.60. The molecule has 0 amide bonds. The summed E-state index contributed by atoms with van der Waals surface area (Å²) in [5.74, 6) is 1.92. The molecule has 0 bridgehead atoms. The average molecular weight is 409 g/mol. The molecule has 0 saturated heterocycles. The number of hydrogen-bond acceptors (Lipinski definition) is 0. The van der Waals surface area contributed by atoms with Crippen LogP contribution in [0.4, 0.5) is 0 Å². The highest BCUT2D eigenvalue weighted by Gasteiger charge is 2.06. The van der Waals surface area contributed by atoms with Gasteiger partial charge in [-0.1, -0.05) is 175 Å². The van der Waals surface area contributed by atoms with Crippen LogP contribution < -0.4 is 0 Å². The molecule has 0 aromatic rings. The largest absolute Gasteiger partial charge is 0.0654 e. The first-order chi connectivity index (χ1) is 14.2. The number of unbranched alkanes of at least 4 members (excludes halogenated alkanes) is 16. The van der Waals surface area contributed by atoms with E-state index in [0.717, 1.165) is 11.8 Å². The maximum absolute atomic E-state index is 2.50. The Kier molecular flexibility index (Phi) is 24.3. The smallest absolute Gasteiger partial charge is 0.0443 e. The van der Waals surface area contributed by atoms with Crippen molar-refractivity contribution in [2.24, 2.45) is 11.8 Å². The molecule has 0 rings (SSSR count). The van der Waals surface area contributed by atoms with Gasteiger partial charge in [-0.15, -0.1) is 0 Å². The van der Waals surface area contributed by atoms with Crippen molar-refractivity contribution in [1.29, 1.82) is 0 Å². The molecule has 0 heterocycles. The Labute approximate surface area is 187 Å². The lowest BCUT2D eigenvalue weighted by atomic mass is 9.92. The van der Waals surface area contributed by atoms with E-state index in [9.17, 15) is 0 Å². The molecule has 0 aromatic heterocycles. The van der Waals surface area contributed by atoms with E-state index in [1.54, 1.807) is 0 Å². The van der Waals surface area contributed by atoms with Crippen molar-refractivity contribution in [3.63, 3.8) is 0 Å². The Bertz CT molecular complexity index is 282. The monoisotopic (exact) mass is 408 g/mol. The Morgan fingerprint density at radius 2 is 0.552 bits per heavy atom. The van der Waals surface area contributed by atoms with Gasteiger partial charge in [0.2, 0.25) is 0 Å². The fourth-order valence-corrected chi connectivity index (χ4v) is 4.71. The molecule has 0 nitrogen and oxygen atoms in total. The van der Waals surface area contributed by atoms with E-state index >= 15 is 0 Å². The summed E-state index contributed by atoms with van der Waals surface area (Å²) in [5.41, 5.74) is 0. The maximum Gasteiger partial charge on any atom is -0.0443 e. The molecule has 2 atom stereocenters. The summed E-state index contributed by atoms with van der Waals surface area (Å²) in [6, 6.07) is 0. The van der Waals surface area contributed by atoms with E-state index in [-0.39, 0.29) is 0 Å². The van der Waals surface area contributed by atoms with Crippen molar-refractivity contribution in [2.75, 3.05) is 0 Å². The Hall–Kier alpha value is 0. The van der Waals surface area contributed by atoms with Crippen LogP contribution in [0.15, 0.2) is 0 Å². The molecule has 0 aliphatic rings. The molecule has 0 spiro atoms. The molecule has 0 radical (unpaired) electrons. The average Bonchev–Trinajstić information content (AvgIpc) is 2.71. The van der Waals surface area contributed by atoms with Crippen LogP contribution in [0, 0.1) is 11.8 Å². The van der Waals surface area contributed by atoms with Crippen LogP contribution in [0.2, 0.25) is 0 Å². The maximum atomic E-state index is 2.50. The SMILES string of the molecule is CCCCCCCCCCCCC(C)CCCC(C)CCCCCCCCCC. The summed E-state index contributed by atoms with van der Waals surface area (Å²) in [7, 11) is 0. The van der Waals surface area contributed by atoms with Gasteiger partial charge in [0.1, 0.15) is 0 Å². The van der Waals surface area contributed by atoms with Crippen molar-refractivity contribution in [1.82, 2.24) is 0 Å². The molecule has 0 aromatic carbocycles. The van der Waals surface area contributed by atoms with E-state index in [0.29, 0.717) is 0 Å². The molecule has 2 unspecified atom stereocenters. The zero-order valence-electron chi connectivity index (χ0n) is 21.4. The van der Waals surface area contributed by atoms with Gasteiger partial charge in [0.15, 0.2) is 0 Å². The van der Waals surface area contributed by atoms with Crippen molar-refractivity contribution in [3.05, 3.63) is 0 Å². The minimum Gasteiger partial charge on any atom is -0.0654 e. The highest BCUT2D eigenvalue weighted by molar-refractivity contribution is 4.59. The lowest BCUT2D eigenvalue weighted by molar-refractivity contribution is 0.390. The number of rotatable bonds is 24. The Morgan fingerprint density at radius 1 is 0.310 bits per heavy atom. The molecule has 29 heavy (non-hydrogen) atoms. The summed E-state index contributed by atoms with van der Waals surface area (Å²) in [4.78, 5) is 0. The van der Waals surface area contributed by atoms with Crippen LogP contribution >= 0.6 is 0 Å². The molecule has 176 valence electrons. The molecule has 0 fully saturated rings. The fraction of sp³-hybridized carbons (Fsp3) is 1.00. The molecular weight excluding hydrogens is 348 g/mol. The first kappa shape index (κ1) is 29.0. The third kappa shape index (κ3) is 24.1. The van der Waals surface area contributed by atoms with Gasteiger partial charge in [-0.05, 0) is 11.8 Å². The molecule has 0 N–H and O–H groups in total. The second-order valence-electron chi connectivity index (χ2n) is 10.4. The second kappa shape index (κ2) is 24.3. The fourth-order valence-electron chi connectivity index (χ4n) is 4.71. The van der Waals surface area contributed by atoms with E-state index in [2.05, 4.69) is 27.7 Å². The van der Waals surface area contributed by atoms with E-state index in [4.69, 9.17) is 0 Å². The van der Waals surface area contributed by atoms with Crippen LogP contribution in [0.5, 0.6) is 0 Å². The van der Waals surface area contributed by atoms with E-state index < -0.39 is 0 Å². The van der Waals surface area contributed by atoms with Gasteiger partial charge in [-0.3, -0.25) is 0 Å². The lowest BCUT2D eigenvalue weighted by Gasteiger charge is -2.14. The molecule has 0 aliphatic carbocycles. The van der Waals surface area contributed by atoms with Crippen molar-refractivity contribution < 1.29 is 0 Å². The van der Waals surface area contributed by atoms with Crippen molar-refractivity contribution >= 4 is 0 Å². The van der Waals surface area contributed by atoms with E-state index in [1.165, 1.54) is 148 Å². The predicted molar refractivity (Wildman–Crippen MR) is 136 cm³/mol. The van der Waals surface area contributed by atoms with Crippen LogP contribution in [0.3, 0.4) is 0 Å². The summed E-state index contributed by atoms with van der Waals surface area (Å²) in [6.07, 6.45) is 33.6. The minimum atomic E-state index is 0.958. The number of hydrogen-bond donors (Lipinski definition) is 0. The van der Waals surface area contributed by atoms with Gasteiger partial charge in [0, 0.05) is 0 Å². The first-order valence-corrected chi connectivity index (χ1v) is 14.2. The zero-order chi connectivity index (χ0) is 21.4. The minimum absolute atomic E-state index is 0.958. The third-order valence-corrected chi connectivity index (χ3v) is 6.99. The molecule has 0 aliphatic heterocycles. The van der Waals surface area contributed by atoms with Crippen molar-refractivity contribution in [2.45, 2.75) is 175 Å². The highest BCUT2D eigenvalue weighted by Crippen LogP contribution is 2.22. The molecule has 0 heteroatoms. The van der Waals surface area contributed by atoms with Gasteiger partial charge in [-0.25, -0.2) is 0 Å². The van der Waals surface area contributed by atoms with Gasteiger partial charge >= 0.3 is 0 Å². The van der Waals surface area contributed by atoms with Gasteiger partial charge in [0.25, 0.3) is 0 Å². The summed E-state index contributed by atoms with van der Waals surface area (Å²) < 4.78 is 0. The lowest BCUT2D eigenvalue weighted by Crippen LogP contribution is -1.99. The normalized spacial score (nSPS) is 13.7. The van der Waals surface area contributed by atoms with Crippen molar-refractivity contribution in [3.8, 4) is 0 Å². The predicted octanol–water partition coefficient (Wildman–Crippen LogP) is 11.3. The van der Waals surface area contributed by atoms with Gasteiger partial charge < -0.3 is 0 Å². The van der Waals surface area contributed by atoms with Crippen LogP contribution in [0.1, 0.15) is 175 Å². The van der Waals surface area contributed by atoms with E-state index in [1.807, 2.05) is 0 Å². The van der Waals surface area contributed by atoms with Crippen LogP contribution in [0.25, 0.3) is 0 Å². The quantitative estimate of drug-likeness (QED) is 0.139. The van der Waals surface area contributed by atoms with Gasteiger partial charge in [0.05, 0.1) is 0 Å². The standard InChI is InChI=1S/C29H60/c1-5-7-9-11-13-15-16-18-20-22-25-29(4)27-23-26-28(3)24-21-19-17-14-12-10-8-6-2/h28-29H,5-27H2,1-4H3. The molecule has 0 saturated carbocycles. The first-order valence-electron chi connectivity index (χ1n) is 14.2. The topological polar surface area (TPSA) is 0 Å². The van der Waals surface area contributed by atoms with Gasteiger partial charge in [-0.2, -0.15) is 0 Å². The Balaban J connectivity index is 3.28. The van der Waals surface area contributed by atoms with Crippen LogP contribution in [-0.4, -0.2) is 0 Å². The Morgan fingerprint density at radius 3 is 0.862 bits per heavy atom. The molecular formula is C29H60. The summed E-state index contributed by atoms with van der Waals surface area (Å²) >= 11 is 0. The second-order valence-corrected chi connectivity index (χ2v) is 10.4. The third-order valence-electron chi connectivity index (χ3n) is 6.99. The van der Waals surface area contributed by atoms with Crippen LogP contribution in [-0.2, 0) is 0 Å². The highest BCUT2D eigenvalue weighted by atomic mass is 14.1.